The second-order valence-corrected chi connectivity index (χ2v) is 5.35. The Balaban J connectivity index is 1.78. The van der Waals surface area contributed by atoms with E-state index in [9.17, 15) is 4.39 Å². The zero-order valence-corrected chi connectivity index (χ0v) is 12.9. The average molecular weight is 360 g/mol. The lowest BCUT2D eigenvalue weighted by Crippen LogP contribution is -2.02. The first-order chi connectivity index (χ1) is 10.7. The average Bonchev–Trinajstić information content (AvgIpc) is 2.47. The SMILES string of the molecule is Fc1cccc(Nc2cnnc(Nc3cccc(Br)c3)n2)c1. The molecule has 0 bridgehead atoms. The minimum atomic E-state index is -0.320. The molecule has 110 valence electrons. The van der Waals surface area contributed by atoms with Crippen LogP contribution in [0.15, 0.2) is 59.2 Å². The van der Waals surface area contributed by atoms with Crippen molar-refractivity contribution in [2.45, 2.75) is 0 Å². The highest BCUT2D eigenvalue weighted by molar-refractivity contribution is 9.10. The predicted molar refractivity (Wildman–Crippen MR) is 86.9 cm³/mol. The fourth-order valence-electron chi connectivity index (χ4n) is 1.83. The van der Waals surface area contributed by atoms with Crippen LogP contribution in [0.4, 0.5) is 27.5 Å². The molecule has 2 N–H and O–H groups in total. The molecule has 0 amide bonds. The number of nitrogens with one attached hydrogen (secondary N) is 2. The second-order valence-electron chi connectivity index (χ2n) is 4.44. The van der Waals surface area contributed by atoms with Crippen molar-refractivity contribution in [2.24, 2.45) is 0 Å². The maximum atomic E-state index is 13.2. The van der Waals surface area contributed by atoms with Gasteiger partial charge < -0.3 is 10.6 Å². The molecule has 3 rings (SSSR count). The molecule has 7 heteroatoms. The Hall–Kier alpha value is -2.54. The van der Waals surface area contributed by atoms with Gasteiger partial charge in [-0.15, -0.1) is 5.10 Å². The third-order valence-corrected chi connectivity index (χ3v) is 3.23. The Morgan fingerprint density at radius 2 is 1.73 bits per heavy atom. The van der Waals surface area contributed by atoms with E-state index in [-0.39, 0.29) is 5.82 Å². The third kappa shape index (κ3) is 3.76. The fourth-order valence-corrected chi connectivity index (χ4v) is 2.23. The fraction of sp³-hybridized carbons (Fsp3) is 0. The Bertz CT molecular complexity index is 733. The van der Waals surface area contributed by atoms with Crippen molar-refractivity contribution in [2.75, 3.05) is 10.6 Å². The van der Waals surface area contributed by atoms with Crippen LogP contribution in [0.1, 0.15) is 0 Å². The molecule has 0 aliphatic heterocycles. The molecule has 0 saturated carbocycles. The molecular formula is C15H11BrFN5. The molecule has 0 fully saturated rings. The molecule has 0 aliphatic carbocycles. The summed E-state index contributed by atoms with van der Waals surface area (Å²) in [5.41, 5.74) is 1.42. The Morgan fingerprint density at radius 3 is 2.50 bits per heavy atom. The summed E-state index contributed by atoms with van der Waals surface area (Å²) in [7, 11) is 0. The summed E-state index contributed by atoms with van der Waals surface area (Å²) in [5.74, 6) is 0.497. The zero-order chi connectivity index (χ0) is 15.4. The molecule has 0 spiro atoms. The first-order valence-electron chi connectivity index (χ1n) is 6.44. The van der Waals surface area contributed by atoms with Crippen molar-refractivity contribution < 1.29 is 4.39 Å². The van der Waals surface area contributed by atoms with Crippen LogP contribution in [0.3, 0.4) is 0 Å². The molecule has 0 atom stereocenters. The molecule has 0 saturated heterocycles. The van der Waals surface area contributed by atoms with Crippen molar-refractivity contribution in [3.63, 3.8) is 0 Å². The minimum absolute atomic E-state index is 0.320. The number of benzene rings is 2. The van der Waals surface area contributed by atoms with Crippen molar-refractivity contribution in [3.05, 3.63) is 65.0 Å². The molecule has 1 aromatic heterocycles. The number of hydrogen-bond acceptors (Lipinski definition) is 5. The van der Waals surface area contributed by atoms with Gasteiger partial charge in [-0.25, -0.2) is 4.39 Å². The standard InChI is InChI=1S/C15H11BrFN5/c16-10-3-1-5-12(7-10)20-15-21-14(9-18-22-15)19-13-6-2-4-11(17)8-13/h1-9H,(H2,19,20,21,22). The highest BCUT2D eigenvalue weighted by atomic mass is 79.9. The number of nitrogens with zero attached hydrogens (tertiary/aromatic N) is 3. The molecule has 22 heavy (non-hydrogen) atoms. The van der Waals surface area contributed by atoms with Gasteiger partial charge in [-0.3, -0.25) is 0 Å². The van der Waals surface area contributed by atoms with Gasteiger partial charge in [0.05, 0.1) is 6.20 Å². The number of anilines is 4. The topological polar surface area (TPSA) is 62.7 Å². The maximum Gasteiger partial charge on any atom is 0.249 e. The first kappa shape index (κ1) is 14.4. The normalized spacial score (nSPS) is 10.3. The minimum Gasteiger partial charge on any atom is -0.339 e. The molecule has 2 aromatic carbocycles. The highest BCUT2D eigenvalue weighted by Crippen LogP contribution is 2.20. The third-order valence-electron chi connectivity index (χ3n) is 2.74. The molecule has 0 aliphatic rings. The van der Waals surface area contributed by atoms with E-state index in [0.717, 1.165) is 10.2 Å². The van der Waals surface area contributed by atoms with Gasteiger partial charge >= 0.3 is 0 Å². The van der Waals surface area contributed by atoms with E-state index in [1.165, 1.54) is 18.3 Å². The van der Waals surface area contributed by atoms with Crippen LogP contribution >= 0.6 is 15.9 Å². The number of hydrogen-bond donors (Lipinski definition) is 2. The van der Waals surface area contributed by atoms with Crippen molar-refractivity contribution in [3.8, 4) is 0 Å². The molecule has 3 aromatic rings. The summed E-state index contributed by atoms with van der Waals surface area (Å²) < 4.78 is 14.1. The maximum absolute atomic E-state index is 13.2. The summed E-state index contributed by atoms with van der Waals surface area (Å²) in [6, 6.07) is 13.7. The summed E-state index contributed by atoms with van der Waals surface area (Å²) in [5, 5.41) is 13.8. The van der Waals surface area contributed by atoms with Gasteiger partial charge in [0, 0.05) is 15.8 Å². The molecule has 0 radical (unpaired) electrons. The van der Waals surface area contributed by atoms with E-state index in [0.29, 0.717) is 17.5 Å². The van der Waals surface area contributed by atoms with E-state index in [1.54, 1.807) is 12.1 Å². The van der Waals surface area contributed by atoms with Crippen molar-refractivity contribution in [1.29, 1.82) is 0 Å². The summed E-state index contributed by atoms with van der Waals surface area (Å²) >= 11 is 3.40. The number of aromatic nitrogens is 3. The van der Waals surface area contributed by atoms with E-state index in [4.69, 9.17) is 0 Å². The predicted octanol–water partition coefficient (Wildman–Crippen LogP) is 4.26. The first-order valence-corrected chi connectivity index (χ1v) is 7.23. The second kappa shape index (κ2) is 6.48. The van der Waals surface area contributed by atoms with Crippen LogP contribution in [0.5, 0.6) is 0 Å². The largest absolute Gasteiger partial charge is 0.339 e. The Kier molecular flexibility index (Phi) is 4.24. The quantitative estimate of drug-likeness (QED) is 0.728. The summed E-state index contributed by atoms with van der Waals surface area (Å²) in [6.07, 6.45) is 1.47. The van der Waals surface area contributed by atoms with Crippen LogP contribution in [-0.4, -0.2) is 15.2 Å². The lowest BCUT2D eigenvalue weighted by molar-refractivity contribution is 0.628. The zero-order valence-electron chi connectivity index (χ0n) is 11.3. The highest BCUT2D eigenvalue weighted by Gasteiger charge is 2.03. The van der Waals surface area contributed by atoms with Gasteiger partial charge in [0.1, 0.15) is 5.82 Å². The van der Waals surface area contributed by atoms with E-state index in [2.05, 4.69) is 41.7 Å². The van der Waals surface area contributed by atoms with Gasteiger partial charge in [0.15, 0.2) is 5.82 Å². The van der Waals surface area contributed by atoms with Crippen LogP contribution in [0.25, 0.3) is 0 Å². The van der Waals surface area contributed by atoms with Gasteiger partial charge in [-0.2, -0.15) is 10.1 Å². The smallest absolute Gasteiger partial charge is 0.249 e. The number of halogens is 2. The van der Waals surface area contributed by atoms with E-state index in [1.807, 2.05) is 24.3 Å². The summed E-state index contributed by atoms with van der Waals surface area (Å²) in [6.45, 7) is 0. The van der Waals surface area contributed by atoms with Crippen LogP contribution in [0.2, 0.25) is 0 Å². The van der Waals surface area contributed by atoms with Crippen LogP contribution in [-0.2, 0) is 0 Å². The van der Waals surface area contributed by atoms with Gasteiger partial charge in [0.2, 0.25) is 5.95 Å². The van der Waals surface area contributed by atoms with E-state index >= 15 is 0 Å². The molecular weight excluding hydrogens is 349 g/mol. The lowest BCUT2D eigenvalue weighted by atomic mass is 10.3. The lowest BCUT2D eigenvalue weighted by Gasteiger charge is -2.08. The Morgan fingerprint density at radius 1 is 0.955 bits per heavy atom. The molecule has 1 heterocycles. The van der Waals surface area contributed by atoms with Gasteiger partial charge in [0.25, 0.3) is 0 Å². The van der Waals surface area contributed by atoms with Crippen LogP contribution < -0.4 is 10.6 Å². The van der Waals surface area contributed by atoms with Gasteiger partial charge in [-0.1, -0.05) is 28.1 Å². The van der Waals surface area contributed by atoms with Crippen LogP contribution in [0, 0.1) is 5.82 Å². The number of rotatable bonds is 4. The molecule has 5 nitrogen and oxygen atoms in total. The Labute approximate surface area is 134 Å². The van der Waals surface area contributed by atoms with E-state index < -0.39 is 0 Å². The van der Waals surface area contributed by atoms with Crippen molar-refractivity contribution in [1.82, 2.24) is 15.2 Å². The van der Waals surface area contributed by atoms with Gasteiger partial charge in [-0.05, 0) is 36.4 Å². The monoisotopic (exact) mass is 359 g/mol. The molecule has 0 unspecified atom stereocenters. The van der Waals surface area contributed by atoms with Crippen molar-refractivity contribution >= 4 is 39.1 Å². The summed E-state index contributed by atoms with van der Waals surface area (Å²) in [4.78, 5) is 4.29.